The number of nitrogens with two attached hydrogens (primary N) is 1. The maximum Gasteiger partial charge on any atom is 0.255 e. The normalized spacial score (nSPS) is 10.9. The molecule has 1 aromatic heterocycles. The van der Waals surface area contributed by atoms with E-state index >= 15 is 0 Å². The molecule has 1 amide bonds. The number of carbonyl (C=O) groups excluding carboxylic acids is 1. The monoisotopic (exact) mass is 394 g/mol. The molecular formula is C21H16ClFN4O. The van der Waals surface area contributed by atoms with Gasteiger partial charge in [-0.05, 0) is 35.9 Å². The molecule has 28 heavy (non-hydrogen) atoms. The van der Waals surface area contributed by atoms with Gasteiger partial charge in [-0.3, -0.25) is 4.79 Å². The highest BCUT2D eigenvalue weighted by Gasteiger charge is 2.10. The molecule has 0 saturated carbocycles. The zero-order chi connectivity index (χ0) is 19.7. The quantitative estimate of drug-likeness (QED) is 0.435. The SMILES string of the molecule is Nc1ccccc1NC(=O)c1ccc(Cc2nc3cc(Cl)c(F)cc3[nH]2)cc1. The van der Waals surface area contributed by atoms with Crippen molar-refractivity contribution >= 4 is 39.9 Å². The number of nitrogen functional groups attached to an aromatic ring is 1. The Morgan fingerprint density at radius 3 is 2.64 bits per heavy atom. The summed E-state index contributed by atoms with van der Waals surface area (Å²) >= 11 is 5.80. The van der Waals surface area contributed by atoms with E-state index in [4.69, 9.17) is 17.3 Å². The van der Waals surface area contributed by atoms with E-state index in [1.54, 1.807) is 30.3 Å². The van der Waals surface area contributed by atoms with Crippen molar-refractivity contribution in [3.05, 3.63) is 88.5 Å². The fraction of sp³-hybridized carbons (Fsp3) is 0.0476. The van der Waals surface area contributed by atoms with Gasteiger partial charge in [0.25, 0.3) is 5.91 Å². The number of halogens is 2. The first-order chi connectivity index (χ1) is 13.5. The second-order valence-corrected chi connectivity index (χ2v) is 6.79. The number of H-pyrrole nitrogens is 1. The van der Waals surface area contributed by atoms with E-state index in [1.165, 1.54) is 12.1 Å². The lowest BCUT2D eigenvalue weighted by Gasteiger charge is -2.08. The molecule has 0 unspecified atom stereocenters. The largest absolute Gasteiger partial charge is 0.397 e. The highest BCUT2D eigenvalue weighted by molar-refractivity contribution is 6.31. The molecule has 0 aliphatic carbocycles. The third-order valence-electron chi connectivity index (χ3n) is 4.37. The Bertz CT molecular complexity index is 1130. The molecule has 0 aliphatic rings. The van der Waals surface area contributed by atoms with Gasteiger partial charge in [-0.1, -0.05) is 35.9 Å². The van der Waals surface area contributed by atoms with Crippen LogP contribution < -0.4 is 11.1 Å². The van der Waals surface area contributed by atoms with Crippen LogP contribution in [0.2, 0.25) is 5.02 Å². The number of hydrogen-bond acceptors (Lipinski definition) is 3. The zero-order valence-electron chi connectivity index (χ0n) is 14.7. The van der Waals surface area contributed by atoms with Gasteiger partial charge in [0, 0.05) is 18.1 Å². The summed E-state index contributed by atoms with van der Waals surface area (Å²) in [7, 11) is 0. The van der Waals surface area contributed by atoms with Crippen LogP contribution in [0.25, 0.3) is 11.0 Å². The van der Waals surface area contributed by atoms with Crippen molar-refractivity contribution in [1.29, 1.82) is 0 Å². The van der Waals surface area contributed by atoms with Crippen molar-refractivity contribution < 1.29 is 9.18 Å². The van der Waals surface area contributed by atoms with E-state index in [0.29, 0.717) is 40.2 Å². The number of para-hydroxylation sites is 2. The van der Waals surface area contributed by atoms with Gasteiger partial charge in [0.1, 0.15) is 11.6 Å². The van der Waals surface area contributed by atoms with Crippen molar-refractivity contribution in [2.45, 2.75) is 6.42 Å². The minimum absolute atomic E-state index is 0.0416. The highest BCUT2D eigenvalue weighted by Crippen LogP contribution is 2.22. The molecule has 5 nitrogen and oxygen atoms in total. The molecule has 4 rings (SSSR count). The molecule has 140 valence electrons. The number of benzene rings is 3. The van der Waals surface area contributed by atoms with Crippen LogP contribution in [0.4, 0.5) is 15.8 Å². The number of fused-ring (bicyclic) bond motifs is 1. The molecule has 3 aromatic carbocycles. The zero-order valence-corrected chi connectivity index (χ0v) is 15.4. The van der Waals surface area contributed by atoms with Gasteiger partial charge >= 0.3 is 0 Å². The fourth-order valence-corrected chi connectivity index (χ4v) is 3.07. The highest BCUT2D eigenvalue weighted by atomic mass is 35.5. The average molecular weight is 395 g/mol. The first-order valence-corrected chi connectivity index (χ1v) is 8.96. The Kier molecular flexibility index (Phi) is 4.71. The van der Waals surface area contributed by atoms with E-state index < -0.39 is 5.82 Å². The first kappa shape index (κ1) is 18.0. The van der Waals surface area contributed by atoms with Crippen LogP contribution in [-0.2, 0) is 6.42 Å². The summed E-state index contributed by atoms with van der Waals surface area (Å²) < 4.78 is 13.6. The Balaban J connectivity index is 1.49. The Morgan fingerprint density at radius 1 is 1.14 bits per heavy atom. The van der Waals surface area contributed by atoms with E-state index in [9.17, 15) is 9.18 Å². The van der Waals surface area contributed by atoms with Gasteiger partial charge in [0.15, 0.2) is 0 Å². The standard InChI is InChI=1S/C21H16ClFN4O/c22-14-10-18-19(11-15(14)23)26-20(25-18)9-12-5-7-13(8-6-12)21(28)27-17-4-2-1-3-16(17)24/h1-8,10-11H,9,24H2,(H,25,26)(H,27,28). The molecule has 0 fully saturated rings. The number of nitrogens with one attached hydrogen (secondary N) is 2. The van der Waals surface area contributed by atoms with E-state index in [1.807, 2.05) is 18.2 Å². The molecule has 0 bridgehead atoms. The van der Waals surface area contributed by atoms with E-state index in [0.717, 1.165) is 5.56 Å². The van der Waals surface area contributed by atoms with Crippen molar-refractivity contribution in [3.8, 4) is 0 Å². The average Bonchev–Trinajstić information content (AvgIpc) is 3.05. The van der Waals surface area contributed by atoms with Crippen molar-refractivity contribution in [1.82, 2.24) is 9.97 Å². The minimum atomic E-state index is -0.487. The maximum atomic E-state index is 13.6. The van der Waals surface area contributed by atoms with E-state index in [-0.39, 0.29) is 10.9 Å². The molecule has 7 heteroatoms. The van der Waals surface area contributed by atoms with Gasteiger partial charge in [0.05, 0.1) is 27.4 Å². The number of amides is 1. The Labute approximate surface area is 165 Å². The van der Waals surface area contributed by atoms with Crippen LogP contribution in [-0.4, -0.2) is 15.9 Å². The fourth-order valence-electron chi connectivity index (χ4n) is 2.91. The summed E-state index contributed by atoms with van der Waals surface area (Å²) in [5, 5.41) is 2.84. The smallest absolute Gasteiger partial charge is 0.255 e. The number of anilines is 2. The first-order valence-electron chi connectivity index (χ1n) is 8.58. The van der Waals surface area contributed by atoms with Crippen LogP contribution in [0.3, 0.4) is 0 Å². The van der Waals surface area contributed by atoms with Crippen molar-refractivity contribution in [2.24, 2.45) is 0 Å². The summed E-state index contributed by atoms with van der Waals surface area (Å²) in [5.41, 5.74) is 9.61. The molecule has 0 radical (unpaired) electrons. The number of imidazole rings is 1. The van der Waals surface area contributed by atoms with Crippen LogP contribution in [0.15, 0.2) is 60.7 Å². The third-order valence-corrected chi connectivity index (χ3v) is 4.66. The number of hydrogen-bond donors (Lipinski definition) is 3. The number of rotatable bonds is 4. The third kappa shape index (κ3) is 3.68. The molecule has 4 N–H and O–H groups in total. The lowest BCUT2D eigenvalue weighted by atomic mass is 10.1. The van der Waals surface area contributed by atoms with Crippen LogP contribution in [0, 0.1) is 5.82 Å². The summed E-state index contributed by atoms with van der Waals surface area (Å²) in [6, 6.07) is 17.1. The van der Waals surface area contributed by atoms with Crippen LogP contribution in [0.1, 0.15) is 21.7 Å². The lowest BCUT2D eigenvalue weighted by Crippen LogP contribution is -2.13. The number of carbonyl (C=O) groups is 1. The minimum Gasteiger partial charge on any atom is -0.397 e. The van der Waals surface area contributed by atoms with Crippen molar-refractivity contribution in [2.75, 3.05) is 11.1 Å². The van der Waals surface area contributed by atoms with Gasteiger partial charge in [0.2, 0.25) is 0 Å². The number of nitrogens with zero attached hydrogens (tertiary/aromatic N) is 1. The van der Waals surface area contributed by atoms with Crippen molar-refractivity contribution in [3.63, 3.8) is 0 Å². The molecular weight excluding hydrogens is 379 g/mol. The molecule has 0 aliphatic heterocycles. The van der Waals surface area contributed by atoms with Crippen LogP contribution >= 0.6 is 11.6 Å². The molecule has 0 spiro atoms. The van der Waals surface area contributed by atoms with Gasteiger partial charge in [-0.2, -0.15) is 0 Å². The molecule has 0 saturated heterocycles. The number of aromatic nitrogens is 2. The Hall–Kier alpha value is -3.38. The van der Waals surface area contributed by atoms with Gasteiger partial charge in [-0.25, -0.2) is 9.37 Å². The Morgan fingerprint density at radius 2 is 1.89 bits per heavy atom. The summed E-state index contributed by atoms with van der Waals surface area (Å²) in [6.07, 6.45) is 0.515. The molecule has 0 atom stereocenters. The summed E-state index contributed by atoms with van der Waals surface area (Å²) in [6.45, 7) is 0. The second-order valence-electron chi connectivity index (χ2n) is 6.38. The molecule has 1 heterocycles. The topological polar surface area (TPSA) is 83.8 Å². The second kappa shape index (κ2) is 7.32. The lowest BCUT2D eigenvalue weighted by molar-refractivity contribution is 0.102. The maximum absolute atomic E-state index is 13.6. The van der Waals surface area contributed by atoms with E-state index in [2.05, 4.69) is 15.3 Å². The van der Waals surface area contributed by atoms with Gasteiger partial charge < -0.3 is 16.0 Å². The van der Waals surface area contributed by atoms with Gasteiger partial charge in [-0.15, -0.1) is 0 Å². The predicted octanol–water partition coefficient (Wildman–Crippen LogP) is 4.78. The summed E-state index contributed by atoms with van der Waals surface area (Å²) in [5.74, 6) is -0.0389. The summed E-state index contributed by atoms with van der Waals surface area (Å²) in [4.78, 5) is 19.9. The molecule has 4 aromatic rings. The predicted molar refractivity (Wildman–Crippen MR) is 109 cm³/mol. The number of aromatic amines is 1. The van der Waals surface area contributed by atoms with Crippen LogP contribution in [0.5, 0.6) is 0 Å².